The predicted molar refractivity (Wildman–Crippen MR) is 48.3 cm³/mol. The second-order valence-electron chi connectivity index (χ2n) is 3.42. The molecule has 0 aromatic carbocycles. The van der Waals surface area contributed by atoms with E-state index in [0.717, 1.165) is 0 Å². The van der Waals surface area contributed by atoms with Crippen LogP contribution in [-0.4, -0.2) is 28.9 Å². The van der Waals surface area contributed by atoms with E-state index >= 15 is 0 Å². The number of aliphatic hydroxyl groups is 1. The Hall–Kier alpha value is -0.980. The summed E-state index contributed by atoms with van der Waals surface area (Å²) in [6, 6.07) is 0. The first kappa shape index (κ1) is 11.1. The van der Waals surface area contributed by atoms with Crippen LogP contribution in [0.2, 0.25) is 0 Å². The molecule has 0 aliphatic heterocycles. The molecule has 6 nitrogen and oxygen atoms in total. The van der Waals surface area contributed by atoms with Gasteiger partial charge < -0.3 is 20.1 Å². The van der Waals surface area contributed by atoms with E-state index in [-0.39, 0.29) is 12.4 Å². The van der Waals surface area contributed by atoms with Gasteiger partial charge in [0.15, 0.2) is 0 Å². The minimum absolute atomic E-state index is 0.0506. The van der Waals surface area contributed by atoms with E-state index in [1.165, 1.54) is 0 Å². The van der Waals surface area contributed by atoms with Crippen LogP contribution < -0.4 is 5.73 Å². The van der Waals surface area contributed by atoms with Crippen molar-refractivity contribution in [1.82, 2.24) is 10.1 Å². The molecule has 1 aromatic rings. The summed E-state index contributed by atoms with van der Waals surface area (Å²) in [5, 5.41) is 13.0. The molecule has 1 unspecified atom stereocenters. The van der Waals surface area contributed by atoms with Gasteiger partial charge in [0.25, 0.3) is 5.89 Å². The Kier molecular flexibility index (Phi) is 3.20. The predicted octanol–water partition coefficient (Wildman–Crippen LogP) is -0.0568. The van der Waals surface area contributed by atoms with E-state index in [1.807, 2.05) is 0 Å². The lowest BCUT2D eigenvalue weighted by atomic mass is 10.1. The lowest BCUT2D eigenvalue weighted by Crippen LogP contribution is -2.21. The average molecular weight is 201 g/mol. The molecule has 80 valence electrons. The van der Waals surface area contributed by atoms with Crippen molar-refractivity contribution in [2.24, 2.45) is 5.73 Å². The Morgan fingerprint density at radius 3 is 2.79 bits per heavy atom. The minimum atomic E-state index is -0.913. The summed E-state index contributed by atoms with van der Waals surface area (Å²) in [6.45, 7) is 3.65. The molecule has 1 rings (SSSR count). The first-order valence-corrected chi connectivity index (χ1v) is 4.28. The molecular weight excluding hydrogens is 186 g/mol. The maximum atomic E-state index is 9.32. The van der Waals surface area contributed by atoms with Gasteiger partial charge in [0.1, 0.15) is 11.7 Å². The zero-order valence-electron chi connectivity index (χ0n) is 8.52. The second kappa shape index (κ2) is 4.04. The second-order valence-corrected chi connectivity index (χ2v) is 3.42. The van der Waals surface area contributed by atoms with Gasteiger partial charge in [-0.1, -0.05) is 5.16 Å². The number of ether oxygens (including phenoxy) is 1. The SMILES string of the molecule is COC(C)(C)c1noc(C(O)CN)n1. The van der Waals surface area contributed by atoms with Gasteiger partial charge in [0.05, 0.1) is 0 Å². The van der Waals surface area contributed by atoms with E-state index in [1.54, 1.807) is 21.0 Å². The number of nitrogens with zero attached hydrogens (tertiary/aromatic N) is 2. The molecule has 3 N–H and O–H groups in total. The number of aromatic nitrogens is 2. The number of aliphatic hydroxyl groups excluding tert-OH is 1. The Labute approximate surface area is 82.1 Å². The molecule has 0 amide bonds. The van der Waals surface area contributed by atoms with Gasteiger partial charge in [-0.2, -0.15) is 4.98 Å². The molecule has 0 fully saturated rings. The highest BCUT2D eigenvalue weighted by Crippen LogP contribution is 2.21. The first-order valence-electron chi connectivity index (χ1n) is 4.28. The van der Waals surface area contributed by atoms with Crippen LogP contribution in [0.4, 0.5) is 0 Å². The van der Waals surface area contributed by atoms with Gasteiger partial charge in [0.2, 0.25) is 5.82 Å². The van der Waals surface area contributed by atoms with Crippen LogP contribution in [-0.2, 0) is 10.3 Å². The fourth-order valence-electron chi connectivity index (χ4n) is 0.807. The summed E-state index contributed by atoms with van der Waals surface area (Å²) in [7, 11) is 1.55. The largest absolute Gasteiger partial charge is 0.382 e. The first-order chi connectivity index (χ1) is 6.51. The van der Waals surface area contributed by atoms with Crippen LogP contribution in [0.1, 0.15) is 31.7 Å². The molecule has 1 atom stereocenters. The highest BCUT2D eigenvalue weighted by atomic mass is 16.5. The van der Waals surface area contributed by atoms with Crippen molar-refractivity contribution in [2.45, 2.75) is 25.6 Å². The lowest BCUT2D eigenvalue weighted by Gasteiger charge is -2.17. The van der Waals surface area contributed by atoms with Gasteiger partial charge in [-0.3, -0.25) is 0 Å². The topological polar surface area (TPSA) is 94.4 Å². The number of nitrogens with two attached hydrogens (primary N) is 1. The summed E-state index contributed by atoms with van der Waals surface area (Å²) < 4.78 is 9.99. The van der Waals surface area contributed by atoms with Gasteiger partial charge in [-0.25, -0.2) is 0 Å². The van der Waals surface area contributed by atoms with Gasteiger partial charge in [0, 0.05) is 13.7 Å². The molecule has 0 radical (unpaired) electrons. The minimum Gasteiger partial charge on any atom is -0.382 e. The van der Waals surface area contributed by atoms with Crippen molar-refractivity contribution in [3.8, 4) is 0 Å². The molecule has 0 bridgehead atoms. The van der Waals surface area contributed by atoms with Gasteiger partial charge in [-0.05, 0) is 13.8 Å². The standard InChI is InChI=1S/C8H15N3O3/c1-8(2,13-3)7-10-6(14-11-7)5(12)4-9/h5,12H,4,9H2,1-3H3. The highest BCUT2D eigenvalue weighted by molar-refractivity contribution is 4.98. The Bertz CT molecular complexity index is 298. The molecule has 0 spiro atoms. The zero-order chi connectivity index (χ0) is 10.8. The van der Waals surface area contributed by atoms with Crippen LogP contribution in [0.5, 0.6) is 0 Å². The maximum Gasteiger partial charge on any atom is 0.256 e. The fraction of sp³-hybridized carbons (Fsp3) is 0.750. The lowest BCUT2D eigenvalue weighted by molar-refractivity contribution is 0.00973. The van der Waals surface area contributed by atoms with Crippen LogP contribution in [0.15, 0.2) is 4.52 Å². The van der Waals surface area contributed by atoms with Crippen LogP contribution >= 0.6 is 0 Å². The van der Waals surface area contributed by atoms with Crippen molar-refractivity contribution < 1.29 is 14.4 Å². The Morgan fingerprint density at radius 2 is 2.29 bits per heavy atom. The third-order valence-corrected chi connectivity index (χ3v) is 2.00. The van der Waals surface area contributed by atoms with Crippen molar-refractivity contribution >= 4 is 0 Å². The average Bonchev–Trinajstić information content (AvgIpc) is 2.66. The van der Waals surface area contributed by atoms with Crippen molar-refractivity contribution in [3.05, 3.63) is 11.7 Å². The quantitative estimate of drug-likeness (QED) is 0.708. The molecule has 0 saturated carbocycles. The number of hydrogen-bond donors (Lipinski definition) is 2. The fourth-order valence-corrected chi connectivity index (χ4v) is 0.807. The van der Waals surface area contributed by atoms with E-state index in [0.29, 0.717) is 5.82 Å². The van der Waals surface area contributed by atoms with E-state index in [4.69, 9.17) is 15.0 Å². The Balaban J connectivity index is 2.88. The molecule has 0 aliphatic rings. The summed E-state index contributed by atoms with van der Waals surface area (Å²) in [4.78, 5) is 3.99. The summed E-state index contributed by atoms with van der Waals surface area (Å²) >= 11 is 0. The normalized spacial score (nSPS) is 14.4. The van der Waals surface area contributed by atoms with E-state index in [2.05, 4.69) is 10.1 Å². The molecular formula is C8H15N3O3. The van der Waals surface area contributed by atoms with E-state index < -0.39 is 11.7 Å². The number of rotatable bonds is 4. The highest BCUT2D eigenvalue weighted by Gasteiger charge is 2.27. The van der Waals surface area contributed by atoms with Crippen LogP contribution in [0, 0.1) is 0 Å². The van der Waals surface area contributed by atoms with Crippen molar-refractivity contribution in [1.29, 1.82) is 0 Å². The van der Waals surface area contributed by atoms with Crippen molar-refractivity contribution in [2.75, 3.05) is 13.7 Å². The van der Waals surface area contributed by atoms with Crippen LogP contribution in [0.25, 0.3) is 0 Å². The smallest absolute Gasteiger partial charge is 0.256 e. The molecule has 0 aliphatic carbocycles. The molecule has 1 aromatic heterocycles. The van der Waals surface area contributed by atoms with E-state index in [9.17, 15) is 5.11 Å². The monoisotopic (exact) mass is 201 g/mol. The maximum absolute atomic E-state index is 9.32. The molecule has 1 heterocycles. The molecule has 14 heavy (non-hydrogen) atoms. The third-order valence-electron chi connectivity index (χ3n) is 2.00. The molecule has 0 saturated heterocycles. The summed E-state index contributed by atoms with van der Waals surface area (Å²) in [6.07, 6.45) is -0.913. The third kappa shape index (κ3) is 2.09. The molecule has 6 heteroatoms. The zero-order valence-corrected chi connectivity index (χ0v) is 8.52. The van der Waals surface area contributed by atoms with Crippen LogP contribution in [0.3, 0.4) is 0 Å². The number of hydrogen-bond acceptors (Lipinski definition) is 6. The summed E-state index contributed by atoms with van der Waals surface area (Å²) in [5.74, 6) is 0.509. The van der Waals surface area contributed by atoms with Gasteiger partial charge in [-0.15, -0.1) is 0 Å². The Morgan fingerprint density at radius 1 is 1.64 bits per heavy atom. The number of methoxy groups -OCH3 is 1. The van der Waals surface area contributed by atoms with Gasteiger partial charge >= 0.3 is 0 Å². The summed E-state index contributed by atoms with van der Waals surface area (Å²) in [5.41, 5.74) is 4.62. The van der Waals surface area contributed by atoms with Crippen molar-refractivity contribution in [3.63, 3.8) is 0 Å².